The molecule has 0 amide bonds. The summed E-state index contributed by atoms with van der Waals surface area (Å²) < 4.78 is 28.9. The van der Waals surface area contributed by atoms with Crippen LogP contribution in [-0.2, 0) is 11.0 Å². The molecule has 0 aliphatic carbocycles. The monoisotopic (exact) mass is 335 g/mol. The van der Waals surface area contributed by atoms with Crippen molar-refractivity contribution in [3.8, 4) is 0 Å². The van der Waals surface area contributed by atoms with Gasteiger partial charge >= 0.3 is 0 Å². The number of halogens is 2. The van der Waals surface area contributed by atoms with Crippen LogP contribution in [0.4, 0.5) is 4.39 Å². The summed E-state index contributed by atoms with van der Waals surface area (Å²) in [6, 6.07) is 3.36. The minimum absolute atomic E-state index is 0.160. The zero-order chi connectivity index (χ0) is 14.1. The third-order valence-corrected chi connectivity index (χ3v) is 4.98. The molecular formula is C13H19BrFNOS. The molecule has 0 bridgehead atoms. The Morgan fingerprint density at radius 3 is 2.44 bits per heavy atom. The highest BCUT2D eigenvalue weighted by Crippen LogP contribution is 2.26. The molecule has 2 atom stereocenters. The van der Waals surface area contributed by atoms with Crippen LogP contribution in [0.15, 0.2) is 16.6 Å². The lowest BCUT2D eigenvalue weighted by atomic mass is 10.0. The highest BCUT2D eigenvalue weighted by Gasteiger charge is 2.23. The second-order valence-corrected chi connectivity index (χ2v) is 8.15. The summed E-state index contributed by atoms with van der Waals surface area (Å²) >= 11 is 3.16. The van der Waals surface area contributed by atoms with E-state index in [1.165, 1.54) is 0 Å². The van der Waals surface area contributed by atoms with Crippen molar-refractivity contribution in [2.24, 2.45) is 0 Å². The molecule has 1 aromatic rings. The fraction of sp³-hybridized carbons (Fsp3) is 0.538. The van der Waals surface area contributed by atoms with Crippen molar-refractivity contribution in [3.05, 3.63) is 33.5 Å². The summed E-state index contributed by atoms with van der Waals surface area (Å²) in [4.78, 5) is 0. The topological polar surface area (TPSA) is 29.1 Å². The molecule has 1 rings (SSSR count). The molecule has 0 saturated heterocycles. The lowest BCUT2D eigenvalue weighted by Gasteiger charge is -2.23. The second kappa shape index (κ2) is 5.80. The van der Waals surface area contributed by atoms with E-state index in [0.717, 1.165) is 5.56 Å². The van der Waals surface area contributed by atoms with E-state index in [1.54, 1.807) is 13.0 Å². The van der Waals surface area contributed by atoms with Crippen molar-refractivity contribution in [3.63, 3.8) is 0 Å². The average Bonchev–Trinajstić information content (AvgIpc) is 2.24. The van der Waals surface area contributed by atoms with Crippen LogP contribution in [0, 0.1) is 12.7 Å². The van der Waals surface area contributed by atoms with Crippen molar-refractivity contribution in [1.29, 1.82) is 0 Å². The molecule has 1 unspecified atom stereocenters. The first-order valence-corrected chi connectivity index (χ1v) is 7.71. The second-order valence-electron chi connectivity index (χ2n) is 5.30. The van der Waals surface area contributed by atoms with Gasteiger partial charge in [-0.3, -0.25) is 0 Å². The average molecular weight is 336 g/mol. The Morgan fingerprint density at radius 2 is 1.94 bits per heavy atom. The van der Waals surface area contributed by atoms with Gasteiger partial charge in [-0.05, 0) is 67.7 Å². The van der Waals surface area contributed by atoms with Crippen LogP contribution in [0.3, 0.4) is 0 Å². The molecule has 0 saturated carbocycles. The lowest BCUT2D eigenvalue weighted by molar-refractivity contribution is 0.593. The molecule has 0 aromatic heterocycles. The van der Waals surface area contributed by atoms with Crippen molar-refractivity contribution in [1.82, 2.24) is 4.72 Å². The van der Waals surface area contributed by atoms with Gasteiger partial charge < -0.3 is 0 Å². The standard InChI is InChI=1S/C13H19BrFNOS/c1-8-10(6-7-11(14)12(8)15)9(2)16-18(17)13(3,4)5/h6-7,9,16H,1-5H3/t9-,18?/m0/s1. The Hall–Kier alpha value is -0.260. The van der Waals surface area contributed by atoms with E-state index in [2.05, 4.69) is 20.7 Å². The lowest BCUT2D eigenvalue weighted by Crippen LogP contribution is -2.35. The van der Waals surface area contributed by atoms with Gasteiger partial charge in [0, 0.05) is 6.04 Å². The molecule has 0 radical (unpaired) electrons. The normalized spacial score (nSPS) is 15.5. The van der Waals surface area contributed by atoms with Crippen molar-refractivity contribution in [2.75, 3.05) is 0 Å². The van der Waals surface area contributed by atoms with Crippen molar-refractivity contribution in [2.45, 2.75) is 45.4 Å². The summed E-state index contributed by atoms with van der Waals surface area (Å²) in [5, 5.41) is 0. The largest absolute Gasteiger partial charge is 0.242 e. The number of nitrogens with one attached hydrogen (secondary N) is 1. The molecule has 0 aliphatic rings. The van der Waals surface area contributed by atoms with Gasteiger partial charge in [0.25, 0.3) is 0 Å². The van der Waals surface area contributed by atoms with Crippen LogP contribution in [0.25, 0.3) is 0 Å². The molecule has 1 N–H and O–H groups in total. The van der Waals surface area contributed by atoms with E-state index in [0.29, 0.717) is 10.0 Å². The first kappa shape index (κ1) is 15.8. The Morgan fingerprint density at radius 1 is 1.39 bits per heavy atom. The highest BCUT2D eigenvalue weighted by molar-refractivity contribution is 9.10. The maximum Gasteiger partial charge on any atom is 0.140 e. The smallest absolute Gasteiger partial charge is 0.140 e. The highest BCUT2D eigenvalue weighted by atomic mass is 79.9. The maximum absolute atomic E-state index is 13.8. The van der Waals surface area contributed by atoms with E-state index < -0.39 is 11.0 Å². The fourth-order valence-corrected chi connectivity index (χ4v) is 2.77. The molecule has 0 spiro atoms. The Bertz CT molecular complexity index is 471. The molecule has 0 heterocycles. The molecule has 0 aliphatic heterocycles. The molecule has 2 nitrogen and oxygen atoms in total. The Labute approximate surface area is 119 Å². The molecule has 1 aromatic carbocycles. The van der Waals surface area contributed by atoms with Gasteiger partial charge in [0.15, 0.2) is 0 Å². The van der Waals surface area contributed by atoms with E-state index in [1.807, 2.05) is 33.8 Å². The van der Waals surface area contributed by atoms with Crippen LogP contribution in [0.1, 0.15) is 44.9 Å². The van der Waals surface area contributed by atoms with Gasteiger partial charge in [0.2, 0.25) is 0 Å². The zero-order valence-electron chi connectivity index (χ0n) is 11.3. The van der Waals surface area contributed by atoms with Crippen LogP contribution in [-0.4, -0.2) is 8.96 Å². The van der Waals surface area contributed by atoms with Crippen LogP contribution in [0.5, 0.6) is 0 Å². The van der Waals surface area contributed by atoms with E-state index in [-0.39, 0.29) is 16.6 Å². The van der Waals surface area contributed by atoms with Crippen LogP contribution >= 0.6 is 15.9 Å². The summed E-state index contributed by atoms with van der Waals surface area (Å²) in [6.45, 7) is 9.32. The Balaban J connectivity index is 2.96. The molecular weight excluding hydrogens is 317 g/mol. The van der Waals surface area contributed by atoms with E-state index in [4.69, 9.17) is 0 Å². The first-order valence-electron chi connectivity index (χ1n) is 5.77. The van der Waals surface area contributed by atoms with Crippen molar-refractivity contribution >= 4 is 26.9 Å². The fourth-order valence-electron chi connectivity index (χ4n) is 1.54. The summed E-state index contributed by atoms with van der Waals surface area (Å²) in [5.74, 6) is -0.261. The number of hydrogen-bond donors (Lipinski definition) is 1. The molecule has 18 heavy (non-hydrogen) atoms. The van der Waals surface area contributed by atoms with Gasteiger partial charge in [-0.2, -0.15) is 0 Å². The quantitative estimate of drug-likeness (QED) is 0.888. The van der Waals surface area contributed by atoms with Crippen LogP contribution < -0.4 is 4.72 Å². The Kier molecular flexibility index (Phi) is 5.09. The summed E-state index contributed by atoms with van der Waals surface area (Å²) in [5.41, 5.74) is 1.41. The third kappa shape index (κ3) is 3.62. The maximum atomic E-state index is 13.8. The first-order chi connectivity index (χ1) is 8.14. The van der Waals surface area contributed by atoms with Gasteiger partial charge in [-0.15, -0.1) is 0 Å². The number of rotatable bonds is 3. The van der Waals surface area contributed by atoms with Gasteiger partial charge in [0.1, 0.15) is 5.82 Å². The van der Waals surface area contributed by atoms with Gasteiger partial charge in [0.05, 0.1) is 20.2 Å². The van der Waals surface area contributed by atoms with Gasteiger partial charge in [-0.25, -0.2) is 13.3 Å². The minimum atomic E-state index is -1.17. The van der Waals surface area contributed by atoms with Gasteiger partial charge in [-0.1, -0.05) is 6.07 Å². The zero-order valence-corrected chi connectivity index (χ0v) is 13.7. The van der Waals surface area contributed by atoms with Crippen molar-refractivity contribution < 1.29 is 8.60 Å². The SMILES string of the molecule is Cc1c([C@H](C)NS(=O)C(C)(C)C)ccc(Br)c1F. The summed E-state index contributed by atoms with van der Waals surface area (Å²) in [7, 11) is -1.17. The van der Waals surface area contributed by atoms with Crippen LogP contribution in [0.2, 0.25) is 0 Å². The molecule has 5 heteroatoms. The number of benzene rings is 1. The molecule has 102 valence electrons. The summed E-state index contributed by atoms with van der Waals surface area (Å²) in [6.07, 6.45) is 0. The third-order valence-electron chi connectivity index (χ3n) is 2.69. The minimum Gasteiger partial charge on any atom is -0.242 e. The molecule has 0 fully saturated rings. The number of hydrogen-bond acceptors (Lipinski definition) is 1. The predicted molar refractivity (Wildman–Crippen MR) is 78.3 cm³/mol. The van der Waals surface area contributed by atoms with E-state index in [9.17, 15) is 8.60 Å². The van der Waals surface area contributed by atoms with E-state index >= 15 is 0 Å². The predicted octanol–water partition coefficient (Wildman–Crippen LogP) is 4.01.